The van der Waals surface area contributed by atoms with E-state index in [0.29, 0.717) is 12.1 Å². The monoisotopic (exact) mass is 241 g/mol. The zero-order chi connectivity index (χ0) is 12.3. The molecule has 88 valence electrons. The Morgan fingerprint density at radius 1 is 1.50 bits per heavy atom. The Balaban J connectivity index is 2.99. The molecule has 3 nitrogen and oxygen atoms in total. The minimum absolute atomic E-state index is 0.00851. The molecule has 0 aliphatic heterocycles. The summed E-state index contributed by atoms with van der Waals surface area (Å²) in [5.41, 5.74) is 0.498. The van der Waals surface area contributed by atoms with Gasteiger partial charge in [-0.2, -0.15) is 0 Å². The van der Waals surface area contributed by atoms with Gasteiger partial charge in [0.25, 0.3) is 5.91 Å². The molecule has 0 radical (unpaired) electrons. The number of amides is 1. The molecule has 1 amide bonds. The minimum atomic E-state index is -0.0700. The number of hydrogen-bond acceptors (Lipinski definition) is 2. The van der Waals surface area contributed by atoms with Crippen LogP contribution in [-0.4, -0.2) is 28.5 Å². The van der Waals surface area contributed by atoms with Crippen LogP contribution in [0.3, 0.4) is 0 Å². The highest BCUT2D eigenvalue weighted by atomic mass is 35.5. The summed E-state index contributed by atoms with van der Waals surface area (Å²) in [6.07, 6.45) is 0. The second-order valence-electron chi connectivity index (χ2n) is 3.85. The maximum absolute atomic E-state index is 12.1. The summed E-state index contributed by atoms with van der Waals surface area (Å²) >= 11 is 5.76. The minimum Gasteiger partial charge on any atom is -0.506 e. The Morgan fingerprint density at radius 3 is 2.56 bits per heavy atom. The van der Waals surface area contributed by atoms with Crippen LogP contribution in [0.15, 0.2) is 18.2 Å². The van der Waals surface area contributed by atoms with E-state index in [1.807, 2.05) is 20.8 Å². The van der Waals surface area contributed by atoms with Crippen LogP contribution in [0.2, 0.25) is 5.02 Å². The lowest BCUT2D eigenvalue weighted by Gasteiger charge is -2.25. The van der Waals surface area contributed by atoms with E-state index in [-0.39, 0.29) is 22.7 Å². The van der Waals surface area contributed by atoms with Crippen molar-refractivity contribution in [3.63, 3.8) is 0 Å². The zero-order valence-corrected chi connectivity index (χ0v) is 10.5. The number of carbonyl (C=O) groups is 1. The first-order valence-electron chi connectivity index (χ1n) is 5.26. The number of aromatic hydroxyl groups is 1. The predicted octanol–water partition coefficient (Wildman–Crippen LogP) is 2.92. The normalized spacial score (nSPS) is 10.6. The number of hydrogen-bond donors (Lipinski definition) is 1. The number of nitrogens with zero attached hydrogens (tertiary/aromatic N) is 1. The standard InChI is InChI=1S/C12H16ClNO2/c1-4-14(8(2)3)12(16)9-5-6-11(15)10(13)7-9/h5-8,15H,4H2,1-3H3. The van der Waals surface area contributed by atoms with Crippen molar-refractivity contribution in [3.05, 3.63) is 28.8 Å². The third kappa shape index (κ3) is 2.67. The molecule has 0 unspecified atom stereocenters. The first-order chi connectivity index (χ1) is 7.47. The summed E-state index contributed by atoms with van der Waals surface area (Å²) in [6.45, 7) is 6.50. The SMILES string of the molecule is CCN(C(=O)c1ccc(O)c(Cl)c1)C(C)C. The first-order valence-corrected chi connectivity index (χ1v) is 5.64. The van der Waals surface area contributed by atoms with Crippen LogP contribution in [0, 0.1) is 0 Å². The second kappa shape index (κ2) is 5.21. The maximum atomic E-state index is 12.1. The highest BCUT2D eigenvalue weighted by Gasteiger charge is 2.17. The summed E-state index contributed by atoms with van der Waals surface area (Å²) in [6, 6.07) is 4.65. The van der Waals surface area contributed by atoms with Crippen LogP contribution >= 0.6 is 11.6 Å². The Labute approximate surface area is 101 Å². The number of rotatable bonds is 3. The average Bonchev–Trinajstić information content (AvgIpc) is 2.22. The molecule has 0 bridgehead atoms. The van der Waals surface area contributed by atoms with Crippen molar-refractivity contribution >= 4 is 17.5 Å². The van der Waals surface area contributed by atoms with Crippen LogP contribution in [0.25, 0.3) is 0 Å². The molecule has 1 rings (SSSR count). The average molecular weight is 242 g/mol. The first kappa shape index (κ1) is 12.8. The Kier molecular flexibility index (Phi) is 4.19. The second-order valence-corrected chi connectivity index (χ2v) is 4.26. The fourth-order valence-electron chi connectivity index (χ4n) is 1.55. The fourth-order valence-corrected chi connectivity index (χ4v) is 1.73. The van der Waals surface area contributed by atoms with Crippen molar-refractivity contribution in [2.45, 2.75) is 26.8 Å². The molecule has 16 heavy (non-hydrogen) atoms. The van der Waals surface area contributed by atoms with E-state index in [4.69, 9.17) is 11.6 Å². The Bertz CT molecular complexity index is 391. The highest BCUT2D eigenvalue weighted by molar-refractivity contribution is 6.32. The van der Waals surface area contributed by atoms with Gasteiger partial charge in [-0.15, -0.1) is 0 Å². The zero-order valence-electron chi connectivity index (χ0n) is 9.70. The van der Waals surface area contributed by atoms with Gasteiger partial charge in [0, 0.05) is 18.2 Å². The Hall–Kier alpha value is -1.22. The number of phenolic OH excluding ortho intramolecular Hbond substituents is 1. The van der Waals surface area contributed by atoms with E-state index in [9.17, 15) is 9.90 Å². The lowest BCUT2D eigenvalue weighted by atomic mass is 10.1. The number of phenols is 1. The van der Waals surface area contributed by atoms with Gasteiger partial charge >= 0.3 is 0 Å². The third-order valence-corrected chi connectivity index (χ3v) is 2.72. The molecular weight excluding hydrogens is 226 g/mol. The number of benzene rings is 1. The summed E-state index contributed by atoms with van der Waals surface area (Å²) in [5.74, 6) is -0.0785. The topological polar surface area (TPSA) is 40.5 Å². The quantitative estimate of drug-likeness (QED) is 0.884. The number of halogens is 1. The Morgan fingerprint density at radius 2 is 2.12 bits per heavy atom. The van der Waals surface area contributed by atoms with E-state index < -0.39 is 0 Å². The van der Waals surface area contributed by atoms with E-state index in [1.165, 1.54) is 12.1 Å². The molecule has 0 atom stereocenters. The molecule has 0 aliphatic carbocycles. The fraction of sp³-hybridized carbons (Fsp3) is 0.417. The summed E-state index contributed by atoms with van der Waals surface area (Å²) in [7, 11) is 0. The molecule has 0 saturated heterocycles. The van der Waals surface area contributed by atoms with E-state index in [0.717, 1.165) is 0 Å². The van der Waals surface area contributed by atoms with Crippen molar-refractivity contribution < 1.29 is 9.90 Å². The van der Waals surface area contributed by atoms with Gasteiger partial charge in [-0.05, 0) is 39.0 Å². The number of carbonyl (C=O) groups excluding carboxylic acids is 1. The molecular formula is C12H16ClNO2. The van der Waals surface area contributed by atoms with Gasteiger partial charge in [0.15, 0.2) is 0 Å². The van der Waals surface area contributed by atoms with Crippen LogP contribution in [0.4, 0.5) is 0 Å². The van der Waals surface area contributed by atoms with E-state index >= 15 is 0 Å². The lowest BCUT2D eigenvalue weighted by molar-refractivity contribution is 0.0717. The van der Waals surface area contributed by atoms with Crippen molar-refractivity contribution in [1.82, 2.24) is 4.90 Å². The van der Waals surface area contributed by atoms with E-state index in [1.54, 1.807) is 11.0 Å². The summed E-state index contributed by atoms with van der Waals surface area (Å²) < 4.78 is 0. The van der Waals surface area contributed by atoms with Crippen LogP contribution in [0.1, 0.15) is 31.1 Å². The highest BCUT2D eigenvalue weighted by Crippen LogP contribution is 2.24. The van der Waals surface area contributed by atoms with Gasteiger partial charge in [-0.25, -0.2) is 0 Å². The van der Waals surface area contributed by atoms with Crippen LogP contribution in [-0.2, 0) is 0 Å². The van der Waals surface area contributed by atoms with Crippen LogP contribution < -0.4 is 0 Å². The molecule has 1 N–H and O–H groups in total. The van der Waals surface area contributed by atoms with Crippen molar-refractivity contribution in [2.24, 2.45) is 0 Å². The summed E-state index contributed by atoms with van der Waals surface area (Å²) in [4.78, 5) is 13.8. The molecule has 1 aromatic rings. The molecule has 0 heterocycles. The molecule has 0 aliphatic rings. The van der Waals surface area contributed by atoms with Crippen LogP contribution in [0.5, 0.6) is 5.75 Å². The van der Waals surface area contributed by atoms with Gasteiger partial charge in [-0.3, -0.25) is 4.79 Å². The van der Waals surface area contributed by atoms with Gasteiger partial charge < -0.3 is 10.0 Å². The van der Waals surface area contributed by atoms with Crippen molar-refractivity contribution in [1.29, 1.82) is 0 Å². The molecule has 0 spiro atoms. The maximum Gasteiger partial charge on any atom is 0.254 e. The lowest BCUT2D eigenvalue weighted by Crippen LogP contribution is -2.36. The van der Waals surface area contributed by atoms with Gasteiger partial charge in [0.05, 0.1) is 5.02 Å². The third-order valence-electron chi connectivity index (χ3n) is 2.42. The van der Waals surface area contributed by atoms with Crippen molar-refractivity contribution in [2.75, 3.05) is 6.54 Å². The van der Waals surface area contributed by atoms with Gasteiger partial charge in [-0.1, -0.05) is 11.6 Å². The molecule has 4 heteroatoms. The van der Waals surface area contributed by atoms with Crippen molar-refractivity contribution in [3.8, 4) is 5.75 Å². The molecule has 0 fully saturated rings. The molecule has 1 aromatic carbocycles. The molecule has 0 aromatic heterocycles. The summed E-state index contributed by atoms with van der Waals surface area (Å²) in [5, 5.41) is 9.47. The molecule has 0 saturated carbocycles. The van der Waals surface area contributed by atoms with E-state index in [2.05, 4.69) is 0 Å². The predicted molar refractivity (Wildman–Crippen MR) is 65.0 cm³/mol. The largest absolute Gasteiger partial charge is 0.506 e. The van der Waals surface area contributed by atoms with Gasteiger partial charge in [0.2, 0.25) is 0 Å². The smallest absolute Gasteiger partial charge is 0.254 e. The van der Waals surface area contributed by atoms with Gasteiger partial charge in [0.1, 0.15) is 5.75 Å².